The molecular weight excluding hydrogens is 432 g/mol. The first-order valence-electron chi connectivity index (χ1n) is 9.04. The van der Waals surface area contributed by atoms with Gasteiger partial charge in [-0.05, 0) is 30.3 Å². The molecule has 2 aliphatic rings. The number of piperazine rings is 1. The number of amidine groups is 1. The molecule has 0 radical (unpaired) electrons. The summed E-state index contributed by atoms with van der Waals surface area (Å²) in [4.78, 5) is 16.7. The maximum atomic E-state index is 12.6. The van der Waals surface area contributed by atoms with Crippen LogP contribution in [0.3, 0.4) is 0 Å². The summed E-state index contributed by atoms with van der Waals surface area (Å²) in [5.41, 5.74) is 1.56. The van der Waals surface area contributed by atoms with Gasteiger partial charge in [0.1, 0.15) is 4.90 Å². The normalized spacial score (nSPS) is 17.9. The number of rotatable bonds is 3. The molecule has 0 atom stereocenters. The van der Waals surface area contributed by atoms with Crippen LogP contribution < -0.4 is 10.2 Å². The average molecular weight is 451 g/mol. The van der Waals surface area contributed by atoms with E-state index in [4.69, 9.17) is 11.6 Å². The molecule has 0 spiro atoms. The molecule has 2 aromatic rings. The highest BCUT2D eigenvalue weighted by atomic mass is 35.5. The van der Waals surface area contributed by atoms with Crippen molar-refractivity contribution in [2.75, 3.05) is 42.1 Å². The molecule has 1 amide bonds. The van der Waals surface area contributed by atoms with E-state index in [1.807, 2.05) is 18.2 Å². The zero-order valence-corrected chi connectivity index (χ0v) is 17.8. The van der Waals surface area contributed by atoms with Gasteiger partial charge in [0.2, 0.25) is 5.91 Å². The highest BCUT2D eigenvalue weighted by molar-refractivity contribution is 8.15. The number of nitrogens with zero attached hydrogens (tertiary/aromatic N) is 3. The van der Waals surface area contributed by atoms with Crippen LogP contribution in [0.25, 0.3) is 0 Å². The van der Waals surface area contributed by atoms with Crippen molar-refractivity contribution in [1.29, 1.82) is 0 Å². The molecule has 29 heavy (non-hydrogen) atoms. The number of carbonyl (C=O) groups is 1. The SMILES string of the molecule is O=C(CSC1=NS(=O)(=O)c2cc(Cl)ccc2N1)N1CCN(c2ccccc2)CC1. The summed E-state index contributed by atoms with van der Waals surface area (Å²) in [5.74, 6) is 0.0850. The van der Waals surface area contributed by atoms with Gasteiger partial charge in [0.15, 0.2) is 5.17 Å². The number of hydrogen-bond donors (Lipinski definition) is 1. The number of sulfonamides is 1. The van der Waals surface area contributed by atoms with Crippen LogP contribution in [0, 0.1) is 0 Å². The molecule has 4 rings (SSSR count). The second-order valence-corrected chi connectivity index (χ2v) is 9.60. The topological polar surface area (TPSA) is 82.1 Å². The van der Waals surface area contributed by atoms with E-state index in [0.29, 0.717) is 23.8 Å². The van der Waals surface area contributed by atoms with Crippen molar-refractivity contribution < 1.29 is 13.2 Å². The highest BCUT2D eigenvalue weighted by Gasteiger charge is 2.27. The monoisotopic (exact) mass is 450 g/mol. The fourth-order valence-electron chi connectivity index (χ4n) is 3.25. The van der Waals surface area contributed by atoms with E-state index in [1.54, 1.807) is 17.0 Å². The summed E-state index contributed by atoms with van der Waals surface area (Å²) >= 11 is 6.97. The van der Waals surface area contributed by atoms with E-state index in [0.717, 1.165) is 30.5 Å². The predicted molar refractivity (Wildman–Crippen MR) is 117 cm³/mol. The lowest BCUT2D eigenvalue weighted by Gasteiger charge is -2.36. The van der Waals surface area contributed by atoms with Crippen molar-refractivity contribution in [2.45, 2.75) is 4.90 Å². The average Bonchev–Trinajstić information content (AvgIpc) is 2.73. The molecule has 2 aromatic carbocycles. The molecule has 1 fully saturated rings. The molecule has 1 saturated heterocycles. The predicted octanol–water partition coefficient (Wildman–Crippen LogP) is 2.89. The highest BCUT2D eigenvalue weighted by Crippen LogP contribution is 2.31. The standard InChI is InChI=1S/C19H19ClN4O3S2/c20-14-6-7-16-17(12-14)29(26,27)22-19(21-16)28-13-18(25)24-10-8-23(9-11-24)15-4-2-1-3-5-15/h1-7,12H,8-11,13H2,(H,21,22). The van der Waals surface area contributed by atoms with Gasteiger partial charge in [0.05, 0.1) is 11.4 Å². The van der Waals surface area contributed by atoms with E-state index in [-0.39, 0.29) is 21.7 Å². The molecule has 7 nitrogen and oxygen atoms in total. The Morgan fingerprint density at radius 3 is 2.55 bits per heavy atom. The number of nitrogens with one attached hydrogen (secondary N) is 1. The van der Waals surface area contributed by atoms with Crippen LogP contribution >= 0.6 is 23.4 Å². The first-order chi connectivity index (χ1) is 13.9. The van der Waals surface area contributed by atoms with Crippen molar-refractivity contribution in [3.63, 3.8) is 0 Å². The number of thioether (sulfide) groups is 1. The quantitative estimate of drug-likeness (QED) is 0.774. The number of hydrogen-bond acceptors (Lipinski definition) is 6. The second-order valence-electron chi connectivity index (χ2n) is 6.63. The minimum atomic E-state index is -3.84. The molecule has 0 unspecified atom stereocenters. The van der Waals surface area contributed by atoms with Gasteiger partial charge in [0.25, 0.3) is 10.0 Å². The smallest absolute Gasteiger partial charge is 0.286 e. The van der Waals surface area contributed by atoms with Gasteiger partial charge in [-0.1, -0.05) is 41.6 Å². The number of amides is 1. The molecule has 2 aliphatic heterocycles. The van der Waals surface area contributed by atoms with Gasteiger partial charge in [0, 0.05) is 36.9 Å². The van der Waals surface area contributed by atoms with E-state index in [2.05, 4.69) is 26.7 Å². The summed E-state index contributed by atoms with van der Waals surface area (Å²) < 4.78 is 28.5. The van der Waals surface area contributed by atoms with E-state index in [9.17, 15) is 13.2 Å². The molecule has 1 N–H and O–H groups in total. The van der Waals surface area contributed by atoms with Crippen molar-refractivity contribution in [2.24, 2.45) is 4.40 Å². The Hall–Kier alpha value is -2.23. The molecule has 2 heterocycles. The molecule has 0 bridgehead atoms. The van der Waals surface area contributed by atoms with Crippen LogP contribution in [0.4, 0.5) is 11.4 Å². The molecule has 0 saturated carbocycles. The third-order valence-electron chi connectivity index (χ3n) is 4.75. The van der Waals surface area contributed by atoms with Gasteiger partial charge >= 0.3 is 0 Å². The Kier molecular flexibility index (Phi) is 5.71. The molecule has 0 aliphatic carbocycles. The molecule has 152 valence electrons. The van der Waals surface area contributed by atoms with Crippen molar-refractivity contribution in [3.05, 3.63) is 53.6 Å². The largest absolute Gasteiger partial charge is 0.368 e. The van der Waals surface area contributed by atoms with Gasteiger partial charge in [-0.25, -0.2) is 0 Å². The van der Waals surface area contributed by atoms with Crippen LogP contribution in [-0.2, 0) is 14.8 Å². The van der Waals surface area contributed by atoms with Crippen molar-refractivity contribution in [3.8, 4) is 0 Å². The van der Waals surface area contributed by atoms with Crippen molar-refractivity contribution >= 4 is 55.8 Å². The zero-order valence-electron chi connectivity index (χ0n) is 15.4. The van der Waals surface area contributed by atoms with E-state index < -0.39 is 10.0 Å². The van der Waals surface area contributed by atoms with Crippen molar-refractivity contribution in [1.82, 2.24) is 4.90 Å². The lowest BCUT2D eigenvalue weighted by Crippen LogP contribution is -2.49. The number of anilines is 2. The Morgan fingerprint density at radius 1 is 1.10 bits per heavy atom. The molecule has 0 aromatic heterocycles. The first kappa shape index (κ1) is 20.1. The fraction of sp³-hybridized carbons (Fsp3) is 0.263. The Labute approximate surface area is 178 Å². The Bertz CT molecular complexity index is 1050. The van der Waals surface area contributed by atoms with Crippen LogP contribution in [0.2, 0.25) is 5.02 Å². The zero-order chi connectivity index (χ0) is 20.4. The maximum Gasteiger partial charge on any atom is 0.286 e. The van der Waals surface area contributed by atoms with Crippen LogP contribution in [-0.4, -0.2) is 56.3 Å². The number of fused-ring (bicyclic) bond motifs is 1. The van der Waals surface area contributed by atoms with Gasteiger partial charge in [-0.15, -0.1) is 4.40 Å². The minimum Gasteiger partial charge on any atom is -0.368 e. The van der Waals surface area contributed by atoms with Gasteiger partial charge < -0.3 is 15.1 Å². The van der Waals surface area contributed by atoms with Crippen LogP contribution in [0.1, 0.15) is 0 Å². The van der Waals surface area contributed by atoms with Gasteiger partial charge in [-0.2, -0.15) is 8.42 Å². The first-order valence-corrected chi connectivity index (χ1v) is 11.8. The minimum absolute atomic E-state index is 0.0356. The van der Waals surface area contributed by atoms with Gasteiger partial charge in [-0.3, -0.25) is 4.79 Å². The third kappa shape index (κ3) is 4.52. The summed E-state index contributed by atoms with van der Waals surface area (Å²) in [6.07, 6.45) is 0. The van der Waals surface area contributed by atoms with E-state index in [1.165, 1.54) is 6.07 Å². The number of benzene rings is 2. The lowest BCUT2D eigenvalue weighted by atomic mass is 10.2. The summed E-state index contributed by atoms with van der Waals surface area (Å²) in [5, 5.41) is 3.48. The molecule has 10 heteroatoms. The molecular formula is C19H19ClN4O3S2. The Morgan fingerprint density at radius 2 is 1.83 bits per heavy atom. The van der Waals surface area contributed by atoms with Crippen LogP contribution in [0.5, 0.6) is 0 Å². The maximum absolute atomic E-state index is 12.6. The third-order valence-corrected chi connectivity index (χ3v) is 7.28. The fourth-order valence-corrected chi connectivity index (χ4v) is 5.65. The van der Waals surface area contributed by atoms with Crippen LogP contribution in [0.15, 0.2) is 57.8 Å². The Balaban J connectivity index is 1.34. The number of halogens is 1. The summed E-state index contributed by atoms with van der Waals surface area (Å²) in [6.45, 7) is 2.80. The summed E-state index contributed by atoms with van der Waals surface area (Å²) in [6, 6.07) is 14.7. The lowest BCUT2D eigenvalue weighted by molar-refractivity contribution is -0.128. The number of para-hydroxylation sites is 1. The van der Waals surface area contributed by atoms with E-state index >= 15 is 0 Å². The summed E-state index contributed by atoms with van der Waals surface area (Å²) in [7, 11) is -3.84. The second kappa shape index (κ2) is 8.25. The number of carbonyl (C=O) groups excluding carboxylic acids is 1.